The largest absolute Gasteiger partial charge is 0.463 e. The molecular weight excluding hydrogens is 214 g/mol. The molecule has 3 nitrogen and oxygen atoms in total. The van der Waals surface area contributed by atoms with Crippen molar-refractivity contribution in [3.05, 3.63) is 35.9 Å². The van der Waals surface area contributed by atoms with E-state index in [0.717, 1.165) is 5.56 Å². The molecule has 1 atom stereocenters. The van der Waals surface area contributed by atoms with Crippen LogP contribution in [0, 0.1) is 0 Å². The third kappa shape index (κ3) is 2.94. The normalized spacial score (nSPS) is 14.3. The highest BCUT2D eigenvalue weighted by Gasteiger charge is 2.31. The maximum Gasteiger partial charge on any atom is 0.330 e. The van der Waals surface area contributed by atoms with Crippen LogP contribution in [0.3, 0.4) is 0 Å². The number of ether oxygens (including phenoxy) is 1. The molecule has 4 heteroatoms. The van der Waals surface area contributed by atoms with Crippen LogP contribution in [0.5, 0.6) is 0 Å². The molecule has 0 amide bonds. The second-order valence-electron chi connectivity index (χ2n) is 3.39. The lowest BCUT2D eigenvalue weighted by atomic mass is 9.93. The first kappa shape index (κ1) is 12.0. The molecule has 1 aromatic carbocycles. The standard InChI is InChI=1S/C11H14ClNO2/c1-11(13,10(14)15-8-7-12)9-5-3-2-4-6-9/h2-6H,7-8,13H2,1H3. The average molecular weight is 228 g/mol. The Morgan fingerprint density at radius 1 is 1.47 bits per heavy atom. The molecule has 0 saturated heterocycles. The van der Waals surface area contributed by atoms with Gasteiger partial charge in [-0.1, -0.05) is 30.3 Å². The first-order valence-electron chi connectivity index (χ1n) is 4.66. The van der Waals surface area contributed by atoms with E-state index in [1.807, 2.05) is 18.2 Å². The molecule has 1 rings (SSSR count). The Bertz CT molecular complexity index is 325. The van der Waals surface area contributed by atoms with E-state index in [2.05, 4.69) is 0 Å². The highest BCUT2D eigenvalue weighted by molar-refractivity contribution is 6.18. The fourth-order valence-corrected chi connectivity index (χ4v) is 1.26. The predicted molar refractivity (Wildman–Crippen MR) is 59.7 cm³/mol. The van der Waals surface area contributed by atoms with E-state index >= 15 is 0 Å². The molecule has 0 aliphatic carbocycles. The highest BCUT2D eigenvalue weighted by Crippen LogP contribution is 2.18. The van der Waals surface area contributed by atoms with Crippen molar-refractivity contribution >= 4 is 17.6 Å². The van der Waals surface area contributed by atoms with Crippen molar-refractivity contribution in [2.24, 2.45) is 5.73 Å². The summed E-state index contributed by atoms with van der Waals surface area (Å²) >= 11 is 5.42. The lowest BCUT2D eigenvalue weighted by Gasteiger charge is -2.22. The minimum atomic E-state index is -1.12. The molecule has 0 fully saturated rings. The fourth-order valence-electron chi connectivity index (χ4n) is 1.18. The van der Waals surface area contributed by atoms with E-state index in [9.17, 15) is 4.79 Å². The van der Waals surface area contributed by atoms with Gasteiger partial charge in [0.25, 0.3) is 0 Å². The van der Waals surface area contributed by atoms with Crippen molar-refractivity contribution < 1.29 is 9.53 Å². The molecule has 15 heavy (non-hydrogen) atoms. The van der Waals surface area contributed by atoms with Crippen LogP contribution in [-0.2, 0) is 15.1 Å². The number of benzene rings is 1. The molecule has 0 aliphatic heterocycles. The van der Waals surface area contributed by atoms with Gasteiger partial charge in [-0.05, 0) is 12.5 Å². The highest BCUT2D eigenvalue weighted by atomic mass is 35.5. The Kier molecular flexibility index (Phi) is 4.12. The predicted octanol–water partition coefficient (Wildman–Crippen LogP) is 1.64. The molecule has 0 radical (unpaired) electrons. The fraction of sp³-hybridized carbons (Fsp3) is 0.364. The van der Waals surface area contributed by atoms with Gasteiger partial charge in [0, 0.05) is 0 Å². The average Bonchev–Trinajstić information content (AvgIpc) is 2.27. The van der Waals surface area contributed by atoms with Gasteiger partial charge >= 0.3 is 5.97 Å². The number of carbonyl (C=O) groups is 1. The van der Waals surface area contributed by atoms with Gasteiger partial charge in [-0.2, -0.15) is 0 Å². The molecule has 0 saturated carbocycles. The molecule has 0 bridgehead atoms. The van der Waals surface area contributed by atoms with Crippen molar-refractivity contribution in [1.82, 2.24) is 0 Å². The molecule has 1 unspecified atom stereocenters. The zero-order valence-electron chi connectivity index (χ0n) is 8.57. The van der Waals surface area contributed by atoms with E-state index in [1.165, 1.54) is 0 Å². The summed E-state index contributed by atoms with van der Waals surface area (Å²) in [7, 11) is 0. The number of esters is 1. The Balaban J connectivity index is 2.78. The molecular formula is C11H14ClNO2. The second kappa shape index (κ2) is 5.14. The first-order valence-corrected chi connectivity index (χ1v) is 5.20. The van der Waals surface area contributed by atoms with Gasteiger partial charge in [0.15, 0.2) is 0 Å². The molecule has 82 valence electrons. The van der Waals surface area contributed by atoms with Gasteiger partial charge in [-0.25, -0.2) is 4.79 Å². The summed E-state index contributed by atoms with van der Waals surface area (Å²) in [6.45, 7) is 1.80. The second-order valence-corrected chi connectivity index (χ2v) is 3.77. The van der Waals surface area contributed by atoms with Crippen LogP contribution in [-0.4, -0.2) is 18.5 Å². The Labute approximate surface area is 94.2 Å². The summed E-state index contributed by atoms with van der Waals surface area (Å²) in [6, 6.07) is 9.11. The number of alkyl halides is 1. The summed E-state index contributed by atoms with van der Waals surface area (Å²) in [5, 5.41) is 0. The van der Waals surface area contributed by atoms with Gasteiger partial charge in [-0.15, -0.1) is 11.6 Å². The van der Waals surface area contributed by atoms with E-state index in [0.29, 0.717) is 0 Å². The monoisotopic (exact) mass is 227 g/mol. The van der Waals surface area contributed by atoms with Crippen molar-refractivity contribution in [1.29, 1.82) is 0 Å². The van der Waals surface area contributed by atoms with Crippen molar-refractivity contribution in [3.63, 3.8) is 0 Å². The van der Waals surface area contributed by atoms with Crippen LogP contribution in [0.25, 0.3) is 0 Å². The molecule has 0 aromatic heterocycles. The smallest absolute Gasteiger partial charge is 0.330 e. The maximum atomic E-state index is 11.6. The molecule has 1 aromatic rings. The molecule has 2 N–H and O–H groups in total. The number of hydrogen-bond donors (Lipinski definition) is 1. The van der Waals surface area contributed by atoms with Crippen LogP contribution >= 0.6 is 11.6 Å². The quantitative estimate of drug-likeness (QED) is 0.629. The zero-order chi connectivity index (χ0) is 11.3. The van der Waals surface area contributed by atoms with Crippen LogP contribution in [0.2, 0.25) is 0 Å². The summed E-state index contributed by atoms with van der Waals surface area (Å²) in [6.07, 6.45) is 0. The number of nitrogens with two attached hydrogens (primary N) is 1. The Morgan fingerprint density at radius 3 is 2.60 bits per heavy atom. The molecule has 0 spiro atoms. The van der Waals surface area contributed by atoms with Crippen LogP contribution in [0.15, 0.2) is 30.3 Å². The first-order chi connectivity index (χ1) is 7.09. The van der Waals surface area contributed by atoms with Gasteiger partial charge in [0.05, 0.1) is 5.88 Å². The SMILES string of the molecule is CC(N)(C(=O)OCCCl)c1ccccc1. The van der Waals surface area contributed by atoms with E-state index < -0.39 is 11.5 Å². The van der Waals surface area contributed by atoms with Crippen LogP contribution in [0.1, 0.15) is 12.5 Å². The third-order valence-corrected chi connectivity index (χ3v) is 2.26. The van der Waals surface area contributed by atoms with Crippen molar-refractivity contribution in [2.75, 3.05) is 12.5 Å². The van der Waals surface area contributed by atoms with Crippen molar-refractivity contribution in [3.8, 4) is 0 Å². The van der Waals surface area contributed by atoms with Crippen LogP contribution < -0.4 is 5.73 Å². The number of hydrogen-bond acceptors (Lipinski definition) is 3. The Morgan fingerprint density at radius 2 is 2.07 bits per heavy atom. The minimum Gasteiger partial charge on any atom is -0.463 e. The van der Waals surface area contributed by atoms with Crippen molar-refractivity contribution in [2.45, 2.75) is 12.5 Å². The summed E-state index contributed by atoms with van der Waals surface area (Å²) in [4.78, 5) is 11.6. The topological polar surface area (TPSA) is 52.3 Å². The van der Waals surface area contributed by atoms with Gasteiger partial charge in [0.2, 0.25) is 0 Å². The van der Waals surface area contributed by atoms with Gasteiger partial charge in [-0.3, -0.25) is 0 Å². The van der Waals surface area contributed by atoms with Gasteiger partial charge in [0.1, 0.15) is 12.1 Å². The van der Waals surface area contributed by atoms with E-state index in [-0.39, 0.29) is 12.5 Å². The zero-order valence-corrected chi connectivity index (χ0v) is 9.33. The minimum absolute atomic E-state index is 0.181. The number of carbonyl (C=O) groups excluding carboxylic acids is 1. The van der Waals surface area contributed by atoms with E-state index in [1.54, 1.807) is 19.1 Å². The summed E-state index contributed by atoms with van der Waals surface area (Å²) in [5.41, 5.74) is 5.51. The third-order valence-electron chi connectivity index (χ3n) is 2.11. The lowest BCUT2D eigenvalue weighted by molar-refractivity contribution is -0.149. The number of rotatable bonds is 4. The lowest BCUT2D eigenvalue weighted by Crippen LogP contribution is -2.43. The maximum absolute atomic E-state index is 11.6. The number of halogens is 1. The molecule has 0 aliphatic rings. The summed E-state index contributed by atoms with van der Waals surface area (Å²) < 4.78 is 4.91. The van der Waals surface area contributed by atoms with Crippen LogP contribution in [0.4, 0.5) is 0 Å². The Hall–Kier alpha value is -1.06. The van der Waals surface area contributed by atoms with Gasteiger partial charge < -0.3 is 10.5 Å². The summed E-state index contributed by atoms with van der Waals surface area (Å²) in [5.74, 6) is -0.189. The van der Waals surface area contributed by atoms with E-state index in [4.69, 9.17) is 22.1 Å². The molecule has 0 heterocycles.